The molecule has 0 fully saturated rings. The highest BCUT2D eigenvalue weighted by Gasteiger charge is 2.35. The van der Waals surface area contributed by atoms with Crippen LogP contribution in [0.25, 0.3) is 5.57 Å². The van der Waals surface area contributed by atoms with E-state index in [0.29, 0.717) is 21.7 Å². The van der Waals surface area contributed by atoms with E-state index in [0.717, 1.165) is 28.9 Å². The Hall–Kier alpha value is -2.37. The minimum absolute atomic E-state index is 0.0299. The van der Waals surface area contributed by atoms with Gasteiger partial charge in [-0.15, -0.1) is 0 Å². The third-order valence-electron chi connectivity index (χ3n) is 6.57. The van der Waals surface area contributed by atoms with Crippen LogP contribution in [0.2, 0.25) is 0 Å². The fourth-order valence-corrected chi connectivity index (χ4v) is 6.88. The molecular weight excluding hydrogens is 506 g/mol. The third kappa shape index (κ3) is 4.87. The van der Waals surface area contributed by atoms with Crippen LogP contribution < -0.4 is 4.90 Å². The Morgan fingerprint density at radius 2 is 1.53 bits per heavy atom. The van der Waals surface area contributed by atoms with Crippen LogP contribution in [0.15, 0.2) is 88.7 Å². The van der Waals surface area contributed by atoms with Crippen LogP contribution in [0, 0.1) is 12.8 Å². The molecule has 0 spiro atoms. The van der Waals surface area contributed by atoms with Crippen molar-refractivity contribution in [2.75, 3.05) is 23.3 Å². The molecule has 5 heteroatoms. The lowest BCUT2D eigenvalue weighted by Crippen LogP contribution is -2.40. The highest BCUT2D eigenvalue weighted by atomic mass is 79.9. The van der Waals surface area contributed by atoms with Crippen molar-refractivity contribution in [2.45, 2.75) is 38.0 Å². The van der Waals surface area contributed by atoms with Crippen molar-refractivity contribution in [2.24, 2.45) is 5.92 Å². The number of hydrogen-bond donors (Lipinski definition) is 0. The predicted molar refractivity (Wildman–Crippen MR) is 146 cm³/mol. The SMILES string of the molecule is Cc1ccccc1N1CC(S(=O)(=O)c2ccccc2)=C(c2ccc(C(C)(C)C)cc2)C(CBr)C1. The molecule has 1 aliphatic rings. The molecule has 1 aliphatic heterocycles. The average Bonchev–Trinajstić information content (AvgIpc) is 2.83. The van der Waals surface area contributed by atoms with Gasteiger partial charge < -0.3 is 4.90 Å². The van der Waals surface area contributed by atoms with Gasteiger partial charge in [-0.3, -0.25) is 0 Å². The Kier molecular flexibility index (Phi) is 7.07. The second kappa shape index (κ2) is 9.71. The molecule has 3 aromatic rings. The number of anilines is 1. The van der Waals surface area contributed by atoms with Crippen molar-refractivity contribution in [1.29, 1.82) is 0 Å². The van der Waals surface area contributed by atoms with Crippen molar-refractivity contribution < 1.29 is 8.42 Å². The van der Waals surface area contributed by atoms with Crippen LogP contribution in [-0.2, 0) is 15.3 Å². The quantitative estimate of drug-likeness (QED) is 0.328. The van der Waals surface area contributed by atoms with Gasteiger partial charge >= 0.3 is 0 Å². The maximum absolute atomic E-state index is 14.0. The van der Waals surface area contributed by atoms with Crippen LogP contribution in [-0.4, -0.2) is 26.8 Å². The molecule has 1 heterocycles. The second-order valence-electron chi connectivity index (χ2n) is 10.00. The molecule has 0 aliphatic carbocycles. The van der Waals surface area contributed by atoms with Crippen LogP contribution in [0.5, 0.6) is 0 Å². The molecule has 178 valence electrons. The number of halogens is 1. The number of hydrogen-bond acceptors (Lipinski definition) is 3. The summed E-state index contributed by atoms with van der Waals surface area (Å²) in [6.45, 7) is 9.74. The lowest BCUT2D eigenvalue weighted by Gasteiger charge is -2.38. The Labute approximate surface area is 212 Å². The maximum atomic E-state index is 14.0. The van der Waals surface area contributed by atoms with E-state index < -0.39 is 9.84 Å². The molecule has 3 nitrogen and oxygen atoms in total. The van der Waals surface area contributed by atoms with Crippen molar-refractivity contribution in [1.82, 2.24) is 0 Å². The zero-order valence-corrected chi connectivity index (χ0v) is 22.7. The number of benzene rings is 3. The average molecular weight is 539 g/mol. The largest absolute Gasteiger partial charge is 0.366 e. The molecule has 0 radical (unpaired) electrons. The van der Waals surface area contributed by atoms with E-state index in [1.165, 1.54) is 5.56 Å². The van der Waals surface area contributed by atoms with Crippen LogP contribution in [0.3, 0.4) is 0 Å². The zero-order valence-electron chi connectivity index (χ0n) is 20.3. The van der Waals surface area contributed by atoms with Crippen molar-refractivity contribution in [3.63, 3.8) is 0 Å². The normalized spacial score (nSPS) is 17.2. The molecule has 0 aromatic heterocycles. The van der Waals surface area contributed by atoms with E-state index in [4.69, 9.17) is 0 Å². The first-order valence-corrected chi connectivity index (χ1v) is 14.2. The van der Waals surface area contributed by atoms with Gasteiger partial charge in [0.2, 0.25) is 9.84 Å². The lowest BCUT2D eigenvalue weighted by atomic mass is 9.84. The predicted octanol–water partition coefficient (Wildman–Crippen LogP) is 7.01. The third-order valence-corrected chi connectivity index (χ3v) is 9.24. The number of para-hydroxylation sites is 1. The number of sulfone groups is 1. The minimum Gasteiger partial charge on any atom is -0.366 e. The van der Waals surface area contributed by atoms with Crippen LogP contribution in [0.1, 0.15) is 37.5 Å². The Balaban J connectivity index is 1.92. The van der Waals surface area contributed by atoms with Gasteiger partial charge in [0.25, 0.3) is 0 Å². The summed E-state index contributed by atoms with van der Waals surface area (Å²) in [5.41, 5.74) is 5.40. The van der Waals surface area contributed by atoms with Gasteiger partial charge in [0.1, 0.15) is 0 Å². The molecule has 3 aromatic carbocycles. The first-order valence-electron chi connectivity index (χ1n) is 11.6. The Morgan fingerprint density at radius 1 is 0.912 bits per heavy atom. The molecule has 0 N–H and O–H groups in total. The Morgan fingerprint density at radius 3 is 2.12 bits per heavy atom. The lowest BCUT2D eigenvalue weighted by molar-refractivity contribution is 0.589. The van der Waals surface area contributed by atoms with E-state index in [-0.39, 0.29) is 11.3 Å². The molecule has 0 bridgehead atoms. The van der Waals surface area contributed by atoms with Crippen LogP contribution >= 0.6 is 15.9 Å². The highest BCUT2D eigenvalue weighted by molar-refractivity contribution is 9.09. The van der Waals surface area contributed by atoms with Gasteiger partial charge in [-0.05, 0) is 52.8 Å². The summed E-state index contributed by atoms with van der Waals surface area (Å²) in [6.07, 6.45) is 0. The second-order valence-corrected chi connectivity index (χ2v) is 12.6. The summed E-state index contributed by atoms with van der Waals surface area (Å²) in [5.74, 6) is 0.0299. The summed E-state index contributed by atoms with van der Waals surface area (Å²) in [4.78, 5) is 3.04. The van der Waals surface area contributed by atoms with Crippen LogP contribution in [0.4, 0.5) is 5.69 Å². The van der Waals surface area contributed by atoms with Crippen molar-refractivity contribution in [3.05, 3.63) is 100 Å². The molecule has 1 unspecified atom stereocenters. The minimum atomic E-state index is -3.68. The summed E-state index contributed by atoms with van der Waals surface area (Å²) >= 11 is 3.71. The van der Waals surface area contributed by atoms with E-state index in [1.807, 2.05) is 18.2 Å². The molecule has 1 atom stereocenters. The number of nitrogens with zero attached hydrogens (tertiary/aromatic N) is 1. The first-order chi connectivity index (χ1) is 16.1. The van der Waals surface area contributed by atoms with E-state index in [9.17, 15) is 8.42 Å². The molecule has 4 rings (SSSR count). The van der Waals surface area contributed by atoms with Gasteiger partial charge in [0.05, 0.1) is 16.3 Å². The summed E-state index contributed by atoms with van der Waals surface area (Å²) in [6, 6.07) is 25.5. The van der Waals surface area contributed by atoms with Gasteiger partial charge in [-0.1, -0.05) is 97.4 Å². The monoisotopic (exact) mass is 537 g/mol. The number of aryl methyl sites for hydroxylation is 1. The standard InChI is InChI=1S/C29H32BrNO2S/c1-21-10-8-9-13-26(21)31-19-23(18-30)28(22-14-16-24(17-15-22)29(2,3)4)27(20-31)34(32,33)25-11-6-5-7-12-25/h5-17,23H,18-20H2,1-4H3. The molecule has 0 saturated carbocycles. The summed E-state index contributed by atoms with van der Waals surface area (Å²) < 4.78 is 28.0. The smallest absolute Gasteiger partial charge is 0.204 e. The number of alkyl halides is 1. The molecule has 34 heavy (non-hydrogen) atoms. The highest BCUT2D eigenvalue weighted by Crippen LogP contribution is 2.40. The topological polar surface area (TPSA) is 37.4 Å². The molecular formula is C29H32BrNO2S. The van der Waals surface area contributed by atoms with Gasteiger partial charge in [0, 0.05) is 23.5 Å². The fraction of sp³-hybridized carbons (Fsp3) is 0.310. The van der Waals surface area contributed by atoms with E-state index >= 15 is 0 Å². The maximum Gasteiger partial charge on any atom is 0.204 e. The van der Waals surface area contributed by atoms with Gasteiger partial charge in [-0.25, -0.2) is 8.42 Å². The fourth-order valence-electron chi connectivity index (χ4n) is 4.65. The van der Waals surface area contributed by atoms with Gasteiger partial charge in [0.15, 0.2) is 0 Å². The van der Waals surface area contributed by atoms with E-state index in [1.54, 1.807) is 24.3 Å². The van der Waals surface area contributed by atoms with E-state index in [2.05, 4.69) is 84.9 Å². The Bertz CT molecular complexity index is 1290. The molecule has 0 amide bonds. The summed E-state index contributed by atoms with van der Waals surface area (Å²) in [5, 5.41) is 0.680. The number of rotatable bonds is 5. The molecule has 0 saturated heterocycles. The first kappa shape index (κ1) is 24.7. The summed E-state index contributed by atoms with van der Waals surface area (Å²) in [7, 11) is -3.68. The zero-order chi connectivity index (χ0) is 24.5. The van der Waals surface area contributed by atoms with Gasteiger partial charge in [-0.2, -0.15) is 0 Å². The van der Waals surface area contributed by atoms with Crippen molar-refractivity contribution >= 4 is 37.0 Å². The van der Waals surface area contributed by atoms with Crippen molar-refractivity contribution in [3.8, 4) is 0 Å².